The highest BCUT2D eigenvalue weighted by Crippen LogP contribution is 2.26. The van der Waals surface area contributed by atoms with E-state index in [-0.39, 0.29) is 12.5 Å². The zero-order valence-electron chi connectivity index (χ0n) is 16.8. The van der Waals surface area contributed by atoms with Crippen molar-refractivity contribution in [3.63, 3.8) is 0 Å². The van der Waals surface area contributed by atoms with Crippen molar-refractivity contribution < 1.29 is 24.6 Å². The van der Waals surface area contributed by atoms with Crippen molar-refractivity contribution in [2.24, 2.45) is 0 Å². The molecular weight excluding hydrogens is 384 g/mol. The van der Waals surface area contributed by atoms with Crippen molar-refractivity contribution >= 4 is 17.8 Å². The van der Waals surface area contributed by atoms with Gasteiger partial charge < -0.3 is 15.1 Å². The third kappa shape index (κ3) is 5.24. The van der Waals surface area contributed by atoms with E-state index >= 15 is 0 Å². The summed E-state index contributed by atoms with van der Waals surface area (Å²) >= 11 is 0. The van der Waals surface area contributed by atoms with Gasteiger partial charge in [0, 0.05) is 6.04 Å². The summed E-state index contributed by atoms with van der Waals surface area (Å²) in [5.74, 6) is -2.56. The molecule has 2 atom stereocenters. The van der Waals surface area contributed by atoms with Gasteiger partial charge in [-0.1, -0.05) is 54.6 Å². The molecule has 3 N–H and O–H groups in total. The molecule has 0 spiro atoms. The summed E-state index contributed by atoms with van der Waals surface area (Å²) in [5, 5.41) is 21.8. The van der Waals surface area contributed by atoms with Gasteiger partial charge in [-0.3, -0.25) is 19.7 Å². The normalized spacial score (nSPS) is 15.2. The zero-order valence-corrected chi connectivity index (χ0v) is 16.8. The fourth-order valence-electron chi connectivity index (χ4n) is 3.98. The van der Waals surface area contributed by atoms with Gasteiger partial charge >= 0.3 is 11.9 Å². The van der Waals surface area contributed by atoms with Crippen LogP contribution in [-0.4, -0.2) is 57.6 Å². The molecule has 1 aliphatic rings. The van der Waals surface area contributed by atoms with Gasteiger partial charge in [0.1, 0.15) is 12.6 Å². The second-order valence-corrected chi connectivity index (χ2v) is 7.66. The number of nitrogens with one attached hydrogen (secondary N) is 1. The van der Waals surface area contributed by atoms with Crippen LogP contribution in [0.3, 0.4) is 0 Å². The Balaban J connectivity index is 1.71. The number of nitrogens with zero attached hydrogens (tertiary/aromatic N) is 1. The van der Waals surface area contributed by atoms with E-state index in [2.05, 4.69) is 5.32 Å². The highest BCUT2D eigenvalue weighted by atomic mass is 16.4. The van der Waals surface area contributed by atoms with Crippen molar-refractivity contribution in [2.75, 3.05) is 6.54 Å². The monoisotopic (exact) mass is 410 g/mol. The number of amides is 1. The van der Waals surface area contributed by atoms with E-state index in [1.54, 1.807) is 6.92 Å². The molecule has 0 saturated carbocycles. The highest BCUT2D eigenvalue weighted by Gasteiger charge is 2.34. The van der Waals surface area contributed by atoms with Crippen LogP contribution < -0.4 is 5.32 Å². The maximum Gasteiger partial charge on any atom is 0.323 e. The lowest BCUT2D eigenvalue weighted by atomic mass is 10.0. The van der Waals surface area contributed by atoms with Crippen LogP contribution in [0.4, 0.5) is 0 Å². The van der Waals surface area contributed by atoms with Crippen molar-refractivity contribution in [1.29, 1.82) is 0 Å². The SMILES string of the molecule is C[C@H](NC(Cc1ccccc1)C(=O)O)C(=O)N(CC(=O)O)C1Cc2ccccc2C1. The molecule has 1 unspecified atom stereocenters. The third-order valence-electron chi connectivity index (χ3n) is 5.46. The molecule has 7 nitrogen and oxygen atoms in total. The Morgan fingerprint density at radius 3 is 2.10 bits per heavy atom. The first-order chi connectivity index (χ1) is 14.3. The Morgan fingerprint density at radius 2 is 1.57 bits per heavy atom. The minimum atomic E-state index is -1.09. The van der Waals surface area contributed by atoms with Crippen molar-refractivity contribution in [1.82, 2.24) is 10.2 Å². The molecule has 30 heavy (non-hydrogen) atoms. The number of carbonyl (C=O) groups is 3. The van der Waals surface area contributed by atoms with E-state index in [1.807, 2.05) is 54.6 Å². The van der Waals surface area contributed by atoms with Crippen LogP contribution in [0.15, 0.2) is 54.6 Å². The van der Waals surface area contributed by atoms with Gasteiger partial charge in [-0.05, 0) is 42.9 Å². The Kier molecular flexibility index (Phi) is 6.84. The molecule has 2 aromatic carbocycles. The smallest absolute Gasteiger partial charge is 0.323 e. The number of rotatable bonds is 9. The highest BCUT2D eigenvalue weighted by molar-refractivity contribution is 5.86. The van der Waals surface area contributed by atoms with E-state index < -0.39 is 36.5 Å². The van der Waals surface area contributed by atoms with Crippen molar-refractivity contribution in [3.8, 4) is 0 Å². The second-order valence-electron chi connectivity index (χ2n) is 7.66. The van der Waals surface area contributed by atoms with Gasteiger partial charge in [-0.2, -0.15) is 0 Å². The van der Waals surface area contributed by atoms with Gasteiger partial charge in [0.15, 0.2) is 0 Å². The van der Waals surface area contributed by atoms with Crippen LogP contribution in [0.1, 0.15) is 23.6 Å². The number of carboxylic acid groups (broad SMARTS) is 2. The maximum absolute atomic E-state index is 13.1. The third-order valence-corrected chi connectivity index (χ3v) is 5.46. The fourth-order valence-corrected chi connectivity index (χ4v) is 3.98. The molecule has 0 radical (unpaired) electrons. The second kappa shape index (κ2) is 9.54. The van der Waals surface area contributed by atoms with Crippen LogP contribution in [0.25, 0.3) is 0 Å². The summed E-state index contributed by atoms with van der Waals surface area (Å²) < 4.78 is 0. The summed E-state index contributed by atoms with van der Waals surface area (Å²) in [6.45, 7) is 1.17. The standard InChI is InChI=1S/C23H26N2O5/c1-15(24-20(23(29)30)11-16-7-3-2-4-8-16)22(28)25(14-21(26)27)19-12-17-9-5-6-10-18(17)13-19/h2-10,15,19-20,24H,11-14H2,1H3,(H,26,27)(H,29,30)/t15-,20?/m0/s1. The van der Waals surface area contributed by atoms with Crippen LogP contribution in [0.5, 0.6) is 0 Å². The summed E-state index contributed by atoms with van der Waals surface area (Å²) in [4.78, 5) is 37.7. The predicted octanol–water partition coefficient (Wildman–Crippen LogP) is 1.74. The van der Waals surface area contributed by atoms with E-state index in [1.165, 1.54) is 4.90 Å². The van der Waals surface area contributed by atoms with Crippen molar-refractivity contribution in [2.45, 2.75) is 44.3 Å². The molecule has 0 bridgehead atoms. The number of hydrogen-bond donors (Lipinski definition) is 3. The molecule has 1 amide bonds. The number of benzene rings is 2. The van der Waals surface area contributed by atoms with Gasteiger partial charge in [0.2, 0.25) is 5.91 Å². The average Bonchev–Trinajstić information content (AvgIpc) is 3.15. The van der Waals surface area contributed by atoms with E-state index in [0.717, 1.165) is 16.7 Å². The quantitative estimate of drug-likeness (QED) is 0.581. The zero-order chi connectivity index (χ0) is 21.7. The van der Waals surface area contributed by atoms with E-state index in [9.17, 15) is 24.6 Å². The first-order valence-electron chi connectivity index (χ1n) is 9.97. The number of fused-ring (bicyclic) bond motifs is 1. The number of hydrogen-bond acceptors (Lipinski definition) is 4. The Hall–Kier alpha value is -3.19. The molecule has 7 heteroatoms. The summed E-state index contributed by atoms with van der Waals surface area (Å²) in [5.41, 5.74) is 3.06. The molecule has 0 aromatic heterocycles. The largest absolute Gasteiger partial charge is 0.480 e. The van der Waals surface area contributed by atoms with Crippen LogP contribution in [0.2, 0.25) is 0 Å². The number of aliphatic carboxylic acids is 2. The molecule has 0 fully saturated rings. The number of carboxylic acids is 2. The lowest BCUT2D eigenvalue weighted by Crippen LogP contribution is -2.55. The minimum Gasteiger partial charge on any atom is -0.480 e. The van der Waals surface area contributed by atoms with Crippen LogP contribution in [0, 0.1) is 0 Å². The van der Waals surface area contributed by atoms with Gasteiger partial charge in [0.05, 0.1) is 6.04 Å². The summed E-state index contributed by atoms with van der Waals surface area (Å²) in [6.07, 6.45) is 1.41. The molecule has 2 aromatic rings. The minimum absolute atomic E-state index is 0.224. The van der Waals surface area contributed by atoms with Crippen molar-refractivity contribution in [3.05, 3.63) is 71.3 Å². The van der Waals surface area contributed by atoms with Crippen LogP contribution in [-0.2, 0) is 33.6 Å². The topological polar surface area (TPSA) is 107 Å². The lowest BCUT2D eigenvalue weighted by Gasteiger charge is -2.31. The average molecular weight is 410 g/mol. The summed E-state index contributed by atoms with van der Waals surface area (Å²) in [7, 11) is 0. The molecule has 158 valence electrons. The van der Waals surface area contributed by atoms with Gasteiger partial charge in [-0.15, -0.1) is 0 Å². The Labute approximate surface area is 175 Å². The molecule has 1 aliphatic carbocycles. The predicted molar refractivity (Wildman–Crippen MR) is 111 cm³/mol. The molecule has 3 rings (SSSR count). The van der Waals surface area contributed by atoms with Crippen LogP contribution >= 0.6 is 0 Å². The first-order valence-corrected chi connectivity index (χ1v) is 9.97. The van der Waals surface area contributed by atoms with Gasteiger partial charge in [0.25, 0.3) is 0 Å². The Bertz CT molecular complexity index is 890. The van der Waals surface area contributed by atoms with E-state index in [4.69, 9.17) is 0 Å². The van der Waals surface area contributed by atoms with E-state index in [0.29, 0.717) is 12.8 Å². The molecular formula is C23H26N2O5. The first kappa shape index (κ1) is 21.5. The lowest BCUT2D eigenvalue weighted by molar-refractivity contribution is -0.147. The molecule has 0 aliphatic heterocycles. The molecule has 0 saturated heterocycles. The summed E-state index contributed by atoms with van der Waals surface area (Å²) in [6, 6.07) is 14.9. The fraction of sp³-hybridized carbons (Fsp3) is 0.348. The number of carbonyl (C=O) groups excluding carboxylic acids is 1. The van der Waals surface area contributed by atoms with Gasteiger partial charge in [-0.25, -0.2) is 0 Å². The molecule has 0 heterocycles. The Morgan fingerprint density at radius 1 is 1.00 bits per heavy atom. The maximum atomic E-state index is 13.1.